The number of rotatable bonds is 9. The number of benzene rings is 2. The van der Waals surface area contributed by atoms with Gasteiger partial charge < -0.3 is 15.4 Å². The molecule has 2 aromatic rings. The molecule has 29 heavy (non-hydrogen) atoms. The van der Waals surface area contributed by atoms with Crippen LogP contribution in [-0.4, -0.2) is 23.6 Å². The average molecular weight is 413 g/mol. The van der Waals surface area contributed by atoms with Crippen LogP contribution < -0.4 is 10.6 Å². The lowest BCUT2D eigenvalue weighted by Crippen LogP contribution is -2.34. The molecule has 5 nitrogen and oxygen atoms in total. The molecule has 0 spiro atoms. The van der Waals surface area contributed by atoms with Crippen LogP contribution in [0.3, 0.4) is 0 Å². The largest absolute Gasteiger partial charge is 0.466 e. The molecule has 154 valence electrons. The minimum atomic E-state index is -0.276. The number of hydrogen-bond acceptors (Lipinski definition) is 4. The van der Waals surface area contributed by atoms with E-state index in [1.54, 1.807) is 0 Å². The van der Waals surface area contributed by atoms with E-state index in [0.717, 1.165) is 29.7 Å². The topological polar surface area (TPSA) is 67.4 Å². The van der Waals surface area contributed by atoms with E-state index in [1.807, 2.05) is 50.2 Å². The van der Waals surface area contributed by atoms with Crippen LogP contribution >= 0.6 is 12.2 Å². The van der Waals surface area contributed by atoms with Crippen LogP contribution in [0.2, 0.25) is 0 Å². The van der Waals surface area contributed by atoms with Crippen LogP contribution in [-0.2, 0) is 20.7 Å². The maximum Gasteiger partial charge on any atom is 0.305 e. The predicted molar refractivity (Wildman–Crippen MR) is 120 cm³/mol. The van der Waals surface area contributed by atoms with Crippen molar-refractivity contribution in [3.8, 4) is 0 Å². The van der Waals surface area contributed by atoms with Crippen LogP contribution in [0.15, 0.2) is 48.5 Å². The van der Waals surface area contributed by atoms with Gasteiger partial charge in [-0.3, -0.25) is 9.59 Å². The Hall–Kier alpha value is -2.73. The summed E-state index contributed by atoms with van der Waals surface area (Å²) in [7, 11) is 0. The van der Waals surface area contributed by atoms with Crippen molar-refractivity contribution in [2.75, 3.05) is 11.9 Å². The minimum absolute atomic E-state index is 0.216. The first-order chi connectivity index (χ1) is 14.0. The maximum atomic E-state index is 12.0. The van der Waals surface area contributed by atoms with Gasteiger partial charge in [0.2, 0.25) is 5.91 Å². The molecule has 2 rings (SSSR count). The van der Waals surface area contributed by atoms with Gasteiger partial charge in [-0.25, -0.2) is 0 Å². The SMILES string of the molecule is Cc1cccc(NC(=S)NC(=O)CCCC(=O)OCCCc2ccccc2)c1C. The quantitative estimate of drug-likeness (QED) is 0.362. The fourth-order valence-electron chi connectivity index (χ4n) is 2.80. The minimum Gasteiger partial charge on any atom is -0.466 e. The molecule has 1 amide bonds. The van der Waals surface area contributed by atoms with E-state index in [0.29, 0.717) is 13.0 Å². The first-order valence-corrected chi connectivity index (χ1v) is 10.2. The summed E-state index contributed by atoms with van der Waals surface area (Å²) in [6, 6.07) is 15.9. The molecule has 0 saturated heterocycles. The standard InChI is InChI=1S/C23H28N2O3S/c1-17-9-6-13-20(18(17)2)24-23(29)25-21(26)14-7-15-22(27)28-16-8-12-19-10-4-3-5-11-19/h3-6,9-11,13H,7-8,12,14-16H2,1-2H3,(H2,24,25,26,29). The molecule has 0 aromatic heterocycles. The van der Waals surface area contributed by atoms with E-state index in [1.165, 1.54) is 5.56 Å². The summed E-state index contributed by atoms with van der Waals surface area (Å²) < 4.78 is 5.22. The van der Waals surface area contributed by atoms with E-state index in [4.69, 9.17) is 17.0 Å². The van der Waals surface area contributed by atoms with Gasteiger partial charge in [0.25, 0.3) is 0 Å². The van der Waals surface area contributed by atoms with E-state index >= 15 is 0 Å². The highest BCUT2D eigenvalue weighted by Gasteiger charge is 2.09. The zero-order chi connectivity index (χ0) is 21.1. The Kier molecular flexibility index (Phi) is 9.31. The summed E-state index contributed by atoms with van der Waals surface area (Å²) in [6.07, 6.45) is 2.52. The van der Waals surface area contributed by atoms with Gasteiger partial charge in [0.05, 0.1) is 6.61 Å². The number of amides is 1. The number of anilines is 1. The lowest BCUT2D eigenvalue weighted by Gasteiger charge is -2.13. The molecule has 2 aromatic carbocycles. The second-order valence-electron chi connectivity index (χ2n) is 6.91. The van der Waals surface area contributed by atoms with Gasteiger partial charge in [0.1, 0.15) is 0 Å². The summed E-state index contributed by atoms with van der Waals surface area (Å²) in [5, 5.41) is 5.94. The summed E-state index contributed by atoms with van der Waals surface area (Å²) in [6.45, 7) is 4.40. The molecule has 0 radical (unpaired) electrons. The number of esters is 1. The third kappa shape index (κ3) is 8.44. The first-order valence-electron chi connectivity index (χ1n) is 9.82. The van der Waals surface area contributed by atoms with E-state index in [2.05, 4.69) is 22.8 Å². The van der Waals surface area contributed by atoms with Crippen molar-refractivity contribution in [1.82, 2.24) is 5.32 Å². The lowest BCUT2D eigenvalue weighted by atomic mass is 10.1. The third-order valence-corrected chi connectivity index (χ3v) is 4.81. The zero-order valence-corrected chi connectivity index (χ0v) is 17.8. The number of carbonyl (C=O) groups excluding carboxylic acids is 2. The Bertz CT molecular complexity index is 837. The molecule has 0 fully saturated rings. The van der Waals surface area contributed by atoms with E-state index < -0.39 is 0 Å². The van der Waals surface area contributed by atoms with E-state index in [9.17, 15) is 9.59 Å². The first kappa shape index (κ1) is 22.6. The summed E-state index contributed by atoms with van der Waals surface area (Å²) in [5.41, 5.74) is 4.32. The second kappa shape index (κ2) is 12.0. The molecular weight excluding hydrogens is 384 g/mol. The molecule has 0 unspecified atom stereocenters. The number of carbonyl (C=O) groups is 2. The second-order valence-corrected chi connectivity index (χ2v) is 7.32. The van der Waals surface area contributed by atoms with Crippen LogP contribution in [0.25, 0.3) is 0 Å². The summed E-state index contributed by atoms with van der Waals surface area (Å²) >= 11 is 5.19. The van der Waals surface area contributed by atoms with Gasteiger partial charge in [0.15, 0.2) is 5.11 Å². The summed E-state index contributed by atoms with van der Waals surface area (Å²) in [4.78, 5) is 23.8. The van der Waals surface area contributed by atoms with Crippen molar-refractivity contribution in [1.29, 1.82) is 0 Å². The van der Waals surface area contributed by atoms with Gasteiger partial charge >= 0.3 is 5.97 Å². The van der Waals surface area contributed by atoms with Crippen molar-refractivity contribution in [3.05, 3.63) is 65.2 Å². The van der Waals surface area contributed by atoms with Crippen molar-refractivity contribution >= 4 is 34.9 Å². The van der Waals surface area contributed by atoms with Gasteiger partial charge in [-0.2, -0.15) is 0 Å². The number of ether oxygens (including phenoxy) is 1. The zero-order valence-electron chi connectivity index (χ0n) is 17.0. The summed E-state index contributed by atoms with van der Waals surface area (Å²) in [5.74, 6) is -0.494. The van der Waals surface area contributed by atoms with Gasteiger partial charge in [-0.15, -0.1) is 0 Å². The Labute approximate surface area is 177 Å². The molecule has 0 aliphatic rings. The fourth-order valence-corrected chi connectivity index (χ4v) is 3.03. The predicted octanol–water partition coefficient (Wildman–Crippen LogP) is 4.46. The van der Waals surface area contributed by atoms with Gasteiger partial charge in [-0.1, -0.05) is 42.5 Å². The number of thiocarbonyl (C=S) groups is 1. The Morgan fingerprint density at radius 2 is 1.72 bits per heavy atom. The van der Waals surface area contributed by atoms with Crippen LogP contribution in [0, 0.1) is 13.8 Å². The molecule has 0 saturated carbocycles. The average Bonchev–Trinajstić information content (AvgIpc) is 2.69. The monoisotopic (exact) mass is 412 g/mol. The normalized spacial score (nSPS) is 10.3. The number of nitrogens with one attached hydrogen (secondary N) is 2. The molecule has 0 aliphatic heterocycles. The molecular formula is C23H28N2O3S. The van der Waals surface area contributed by atoms with E-state index in [-0.39, 0.29) is 29.8 Å². The van der Waals surface area contributed by atoms with Crippen molar-refractivity contribution < 1.29 is 14.3 Å². The van der Waals surface area contributed by atoms with Gasteiger partial charge in [-0.05, 0) is 68.1 Å². The maximum absolute atomic E-state index is 12.0. The fraction of sp³-hybridized carbons (Fsp3) is 0.348. The molecule has 6 heteroatoms. The smallest absolute Gasteiger partial charge is 0.305 e. The molecule has 0 aliphatic carbocycles. The van der Waals surface area contributed by atoms with Crippen LogP contribution in [0.4, 0.5) is 5.69 Å². The van der Waals surface area contributed by atoms with Gasteiger partial charge in [0, 0.05) is 18.5 Å². The molecule has 2 N–H and O–H groups in total. The molecule has 0 atom stereocenters. The Balaban J connectivity index is 1.58. The van der Waals surface area contributed by atoms with Crippen LogP contribution in [0.1, 0.15) is 42.4 Å². The van der Waals surface area contributed by atoms with Crippen molar-refractivity contribution in [2.45, 2.75) is 46.0 Å². The Morgan fingerprint density at radius 1 is 0.966 bits per heavy atom. The highest BCUT2D eigenvalue weighted by atomic mass is 32.1. The van der Waals surface area contributed by atoms with Crippen molar-refractivity contribution in [2.24, 2.45) is 0 Å². The Morgan fingerprint density at radius 3 is 2.48 bits per heavy atom. The highest BCUT2D eigenvalue weighted by molar-refractivity contribution is 7.80. The van der Waals surface area contributed by atoms with Crippen molar-refractivity contribution in [3.63, 3.8) is 0 Å². The molecule has 0 heterocycles. The molecule has 0 bridgehead atoms. The third-order valence-electron chi connectivity index (χ3n) is 4.61. The van der Waals surface area contributed by atoms with Crippen LogP contribution in [0.5, 0.6) is 0 Å². The number of aryl methyl sites for hydroxylation is 2. The number of hydrogen-bond donors (Lipinski definition) is 2. The highest BCUT2D eigenvalue weighted by Crippen LogP contribution is 2.17. The lowest BCUT2D eigenvalue weighted by molar-refractivity contribution is -0.143.